The fourth-order valence-corrected chi connectivity index (χ4v) is 3.72. The van der Waals surface area contributed by atoms with Gasteiger partial charge in [-0.3, -0.25) is 4.90 Å². The third kappa shape index (κ3) is 4.32. The summed E-state index contributed by atoms with van der Waals surface area (Å²) in [5.74, 6) is 0.717. The zero-order chi connectivity index (χ0) is 15.5. The molecule has 1 fully saturated rings. The minimum absolute atomic E-state index is 0. The molecule has 1 aliphatic heterocycles. The van der Waals surface area contributed by atoms with Crippen LogP contribution in [-0.4, -0.2) is 24.5 Å². The zero-order valence-corrected chi connectivity index (χ0v) is 15.2. The highest BCUT2D eigenvalue weighted by Crippen LogP contribution is 2.33. The molecule has 0 saturated carbocycles. The van der Waals surface area contributed by atoms with Crippen molar-refractivity contribution in [3.8, 4) is 0 Å². The third-order valence-electron chi connectivity index (χ3n) is 4.45. The minimum Gasteiger partial charge on any atom is -0.330 e. The summed E-state index contributed by atoms with van der Waals surface area (Å²) in [6.45, 7) is 3.14. The van der Waals surface area contributed by atoms with Crippen molar-refractivity contribution in [3.63, 3.8) is 0 Å². The lowest BCUT2D eigenvalue weighted by molar-refractivity contribution is 0.311. The molecule has 0 bridgehead atoms. The molecule has 23 heavy (non-hydrogen) atoms. The van der Waals surface area contributed by atoms with E-state index in [0.29, 0.717) is 24.9 Å². The lowest BCUT2D eigenvalue weighted by Gasteiger charge is -2.17. The molecule has 2 N–H and O–H groups in total. The Labute approximate surface area is 151 Å². The van der Waals surface area contributed by atoms with Gasteiger partial charge in [0.2, 0.25) is 0 Å². The lowest BCUT2D eigenvalue weighted by atomic mass is 9.89. The van der Waals surface area contributed by atoms with Crippen molar-refractivity contribution in [2.75, 3.05) is 19.6 Å². The Hall–Kier alpha value is -0.940. The van der Waals surface area contributed by atoms with Crippen molar-refractivity contribution in [2.24, 2.45) is 11.7 Å². The van der Waals surface area contributed by atoms with Gasteiger partial charge in [-0.15, -0.1) is 12.4 Å². The second-order valence-electron chi connectivity index (χ2n) is 5.94. The second kappa shape index (κ2) is 8.25. The molecule has 5 heteroatoms. The molecule has 1 aliphatic rings. The number of nitrogens with two attached hydrogens (primary N) is 1. The number of rotatable bonds is 4. The highest BCUT2D eigenvalue weighted by molar-refractivity contribution is 9.10. The molecule has 0 amide bonds. The molecule has 2 nitrogen and oxygen atoms in total. The first-order chi connectivity index (χ1) is 10.7. The van der Waals surface area contributed by atoms with Crippen LogP contribution >= 0.6 is 28.3 Å². The van der Waals surface area contributed by atoms with Gasteiger partial charge in [0, 0.05) is 35.6 Å². The number of halogens is 3. The average Bonchev–Trinajstić information content (AvgIpc) is 2.95. The number of hydrogen-bond acceptors (Lipinski definition) is 2. The lowest BCUT2D eigenvalue weighted by Crippen LogP contribution is -2.23. The minimum atomic E-state index is -0.143. The maximum Gasteiger partial charge on any atom is 0.127 e. The summed E-state index contributed by atoms with van der Waals surface area (Å²) in [6, 6.07) is 15.6. The Morgan fingerprint density at radius 2 is 1.87 bits per heavy atom. The number of benzene rings is 2. The van der Waals surface area contributed by atoms with Gasteiger partial charge < -0.3 is 5.73 Å². The van der Waals surface area contributed by atoms with E-state index in [4.69, 9.17) is 5.73 Å². The highest BCUT2D eigenvalue weighted by Gasteiger charge is 2.32. The van der Waals surface area contributed by atoms with Gasteiger partial charge in [0.05, 0.1) is 0 Å². The van der Waals surface area contributed by atoms with Gasteiger partial charge in [0.15, 0.2) is 0 Å². The molecule has 2 atom stereocenters. The molecule has 2 aromatic carbocycles. The van der Waals surface area contributed by atoms with Crippen LogP contribution in [0.3, 0.4) is 0 Å². The van der Waals surface area contributed by atoms with Gasteiger partial charge in [0.25, 0.3) is 0 Å². The van der Waals surface area contributed by atoms with Crippen LogP contribution in [0.1, 0.15) is 17.0 Å². The van der Waals surface area contributed by atoms with Crippen LogP contribution in [0.25, 0.3) is 0 Å². The molecule has 3 rings (SSSR count). The Kier molecular flexibility index (Phi) is 6.60. The van der Waals surface area contributed by atoms with Gasteiger partial charge in [-0.05, 0) is 36.2 Å². The van der Waals surface area contributed by atoms with E-state index in [-0.39, 0.29) is 18.2 Å². The van der Waals surface area contributed by atoms with Crippen LogP contribution in [0.4, 0.5) is 4.39 Å². The summed E-state index contributed by atoms with van der Waals surface area (Å²) in [5, 5.41) is 0. The first-order valence-electron chi connectivity index (χ1n) is 7.58. The molecular formula is C18H21BrClFN2. The van der Waals surface area contributed by atoms with E-state index in [0.717, 1.165) is 23.1 Å². The van der Waals surface area contributed by atoms with Crippen LogP contribution in [-0.2, 0) is 6.54 Å². The van der Waals surface area contributed by atoms with Crippen molar-refractivity contribution < 1.29 is 4.39 Å². The molecular weight excluding hydrogens is 379 g/mol. The summed E-state index contributed by atoms with van der Waals surface area (Å²) in [7, 11) is 0. The molecule has 124 valence electrons. The van der Waals surface area contributed by atoms with E-state index in [1.165, 1.54) is 11.6 Å². The zero-order valence-electron chi connectivity index (χ0n) is 12.8. The van der Waals surface area contributed by atoms with E-state index in [9.17, 15) is 4.39 Å². The fourth-order valence-electron chi connectivity index (χ4n) is 3.31. The first-order valence-corrected chi connectivity index (χ1v) is 8.38. The van der Waals surface area contributed by atoms with E-state index in [1.54, 1.807) is 6.07 Å². The maximum atomic E-state index is 13.9. The summed E-state index contributed by atoms with van der Waals surface area (Å²) < 4.78 is 14.9. The van der Waals surface area contributed by atoms with Gasteiger partial charge in [-0.1, -0.05) is 46.3 Å². The molecule has 0 aromatic heterocycles. The Balaban J connectivity index is 0.00000192. The predicted octanol–water partition coefficient (Wildman–Crippen LogP) is 4.18. The Morgan fingerprint density at radius 1 is 1.13 bits per heavy atom. The average molecular weight is 400 g/mol. The molecule has 0 spiro atoms. The SMILES string of the molecule is Cl.NC[C@@H]1CN(Cc2cc(Br)ccc2F)C[C@H]1c1ccccc1. The standard InChI is InChI=1S/C18H20BrFN2.ClH/c19-16-6-7-18(20)14(8-16)10-22-11-15(9-21)17(12-22)13-4-2-1-3-5-13;/h1-8,15,17H,9-12,21H2;1H/t15-,17+;/m1./s1. The summed E-state index contributed by atoms with van der Waals surface area (Å²) >= 11 is 3.41. The van der Waals surface area contributed by atoms with Crippen molar-refractivity contribution in [3.05, 3.63) is 69.9 Å². The van der Waals surface area contributed by atoms with Crippen molar-refractivity contribution in [2.45, 2.75) is 12.5 Å². The molecule has 2 aromatic rings. The Bertz CT molecular complexity index is 638. The first kappa shape index (κ1) is 18.4. The fraction of sp³-hybridized carbons (Fsp3) is 0.333. The molecule has 0 radical (unpaired) electrons. The topological polar surface area (TPSA) is 29.3 Å². The smallest absolute Gasteiger partial charge is 0.127 e. The highest BCUT2D eigenvalue weighted by atomic mass is 79.9. The number of likely N-dealkylation sites (tertiary alicyclic amines) is 1. The quantitative estimate of drug-likeness (QED) is 0.835. The Morgan fingerprint density at radius 3 is 2.57 bits per heavy atom. The molecule has 0 unspecified atom stereocenters. The number of hydrogen-bond donors (Lipinski definition) is 1. The monoisotopic (exact) mass is 398 g/mol. The number of nitrogens with zero attached hydrogens (tertiary/aromatic N) is 1. The summed E-state index contributed by atoms with van der Waals surface area (Å²) in [5.41, 5.74) is 8.03. The van der Waals surface area contributed by atoms with Gasteiger partial charge in [-0.2, -0.15) is 0 Å². The van der Waals surface area contributed by atoms with Crippen LogP contribution in [0, 0.1) is 11.7 Å². The van der Waals surface area contributed by atoms with E-state index >= 15 is 0 Å². The van der Waals surface area contributed by atoms with Crippen LogP contribution in [0.5, 0.6) is 0 Å². The largest absolute Gasteiger partial charge is 0.330 e. The molecule has 0 aliphatic carbocycles. The summed E-state index contributed by atoms with van der Waals surface area (Å²) in [4.78, 5) is 2.31. The van der Waals surface area contributed by atoms with E-state index < -0.39 is 0 Å². The third-order valence-corrected chi connectivity index (χ3v) is 4.94. The van der Waals surface area contributed by atoms with E-state index in [2.05, 4.69) is 45.1 Å². The van der Waals surface area contributed by atoms with Gasteiger partial charge >= 0.3 is 0 Å². The summed E-state index contributed by atoms with van der Waals surface area (Å²) in [6.07, 6.45) is 0. The van der Waals surface area contributed by atoms with Crippen LogP contribution < -0.4 is 5.73 Å². The van der Waals surface area contributed by atoms with Crippen molar-refractivity contribution in [1.29, 1.82) is 0 Å². The van der Waals surface area contributed by atoms with Crippen LogP contribution in [0.2, 0.25) is 0 Å². The molecule has 1 heterocycles. The van der Waals surface area contributed by atoms with E-state index in [1.807, 2.05) is 12.1 Å². The van der Waals surface area contributed by atoms with Gasteiger partial charge in [-0.25, -0.2) is 4.39 Å². The second-order valence-corrected chi connectivity index (χ2v) is 6.86. The van der Waals surface area contributed by atoms with Crippen molar-refractivity contribution >= 4 is 28.3 Å². The van der Waals surface area contributed by atoms with Crippen LogP contribution in [0.15, 0.2) is 53.0 Å². The maximum absolute atomic E-state index is 13.9. The predicted molar refractivity (Wildman–Crippen MR) is 98.4 cm³/mol. The molecule has 1 saturated heterocycles. The normalized spacial score (nSPS) is 21.2. The van der Waals surface area contributed by atoms with Crippen molar-refractivity contribution in [1.82, 2.24) is 4.90 Å². The van der Waals surface area contributed by atoms with Gasteiger partial charge in [0.1, 0.15) is 5.82 Å².